The fourth-order valence-corrected chi connectivity index (χ4v) is 2.66. The van der Waals surface area contributed by atoms with Gasteiger partial charge in [0.05, 0.1) is 17.1 Å². The number of anilines is 1. The van der Waals surface area contributed by atoms with Crippen molar-refractivity contribution in [1.29, 1.82) is 0 Å². The highest BCUT2D eigenvalue weighted by molar-refractivity contribution is 7.99. The minimum absolute atomic E-state index is 0.277. The van der Waals surface area contributed by atoms with Crippen LogP contribution in [-0.2, 0) is 6.42 Å². The van der Waals surface area contributed by atoms with Gasteiger partial charge in [-0.3, -0.25) is 0 Å². The van der Waals surface area contributed by atoms with Crippen LogP contribution in [0.5, 0.6) is 0 Å². The molecule has 0 unspecified atom stereocenters. The first kappa shape index (κ1) is 11.0. The summed E-state index contributed by atoms with van der Waals surface area (Å²) in [4.78, 5) is 9.40. The van der Waals surface area contributed by atoms with Crippen LogP contribution in [0.4, 0.5) is 5.82 Å². The molecule has 1 N–H and O–H groups in total. The predicted octanol–water partition coefficient (Wildman–Crippen LogP) is 2.94. The van der Waals surface area contributed by atoms with E-state index in [0.717, 1.165) is 28.6 Å². The maximum Gasteiger partial charge on any atom is 0.224 e. The Kier molecular flexibility index (Phi) is 3.38. The molecule has 0 amide bonds. The molecule has 1 aliphatic heterocycles. The first-order chi connectivity index (χ1) is 7.16. The molecule has 0 spiro atoms. The van der Waals surface area contributed by atoms with Crippen LogP contribution < -0.4 is 5.32 Å². The van der Waals surface area contributed by atoms with Gasteiger partial charge in [0.15, 0.2) is 0 Å². The lowest BCUT2D eigenvalue weighted by Gasteiger charge is -2.08. The van der Waals surface area contributed by atoms with Gasteiger partial charge in [-0.1, -0.05) is 18.2 Å². The summed E-state index contributed by atoms with van der Waals surface area (Å²) < 4.78 is 0. The van der Waals surface area contributed by atoms with Crippen LogP contribution in [0, 0.1) is 0 Å². The minimum Gasteiger partial charge on any atom is -0.364 e. The van der Waals surface area contributed by atoms with Crippen LogP contribution in [-0.4, -0.2) is 22.3 Å². The van der Waals surface area contributed by atoms with Gasteiger partial charge >= 0.3 is 0 Å². The topological polar surface area (TPSA) is 37.8 Å². The van der Waals surface area contributed by atoms with Gasteiger partial charge in [0.25, 0.3) is 0 Å². The van der Waals surface area contributed by atoms with Crippen LogP contribution in [0.1, 0.15) is 5.69 Å². The van der Waals surface area contributed by atoms with Crippen molar-refractivity contribution in [3.8, 4) is 0 Å². The Balaban J connectivity index is 2.26. The smallest absolute Gasteiger partial charge is 0.224 e. The molecule has 0 saturated heterocycles. The predicted molar refractivity (Wildman–Crippen MR) is 65.0 cm³/mol. The third-order valence-corrected chi connectivity index (χ3v) is 3.37. The van der Waals surface area contributed by atoms with Crippen LogP contribution >= 0.6 is 35.0 Å². The number of hydrogen-bond donors (Lipinski definition) is 1. The molecule has 0 aliphatic carbocycles. The highest BCUT2D eigenvalue weighted by Crippen LogP contribution is 2.35. The van der Waals surface area contributed by atoms with Crippen molar-refractivity contribution in [2.24, 2.45) is 0 Å². The number of nitrogens with one attached hydrogen (secondary N) is 1. The first-order valence-electron chi connectivity index (χ1n) is 4.43. The van der Waals surface area contributed by atoms with Gasteiger partial charge in [0.1, 0.15) is 5.82 Å². The molecule has 1 aromatic rings. The lowest BCUT2D eigenvalue weighted by atomic mass is 10.3. The molecule has 0 radical (unpaired) electrons. The molecule has 2 heterocycles. The van der Waals surface area contributed by atoms with Crippen molar-refractivity contribution in [2.45, 2.75) is 11.3 Å². The molecule has 1 aliphatic rings. The average molecular weight is 262 g/mol. The summed E-state index contributed by atoms with van der Waals surface area (Å²) in [6.07, 6.45) is 0.943. The number of fused-ring (bicyclic) bond motifs is 1. The van der Waals surface area contributed by atoms with E-state index < -0.39 is 0 Å². The van der Waals surface area contributed by atoms with E-state index in [1.807, 2.05) is 0 Å². The summed E-state index contributed by atoms with van der Waals surface area (Å²) >= 11 is 13.2. The number of aromatic nitrogens is 2. The Morgan fingerprint density at radius 3 is 3.07 bits per heavy atom. The second-order valence-corrected chi connectivity index (χ2v) is 5.06. The van der Waals surface area contributed by atoms with E-state index >= 15 is 0 Å². The largest absolute Gasteiger partial charge is 0.364 e. The van der Waals surface area contributed by atoms with E-state index in [2.05, 4.69) is 21.9 Å². The normalized spacial score (nSPS) is 13.7. The summed E-state index contributed by atoms with van der Waals surface area (Å²) in [6.45, 7) is 4.09. The zero-order valence-corrected chi connectivity index (χ0v) is 10.2. The fourth-order valence-electron chi connectivity index (χ4n) is 1.34. The van der Waals surface area contributed by atoms with Gasteiger partial charge in [0, 0.05) is 17.2 Å². The number of thioether (sulfide) groups is 1. The fraction of sp³-hybridized carbons (Fsp3) is 0.333. The van der Waals surface area contributed by atoms with Crippen LogP contribution in [0.25, 0.3) is 0 Å². The zero-order chi connectivity index (χ0) is 10.8. The number of hydrogen-bond acceptors (Lipinski definition) is 4. The SMILES string of the molecule is C=C(Cl)CNc1nc(Cl)nc2c1SCC2. The van der Waals surface area contributed by atoms with Crippen LogP contribution in [0.2, 0.25) is 5.28 Å². The van der Waals surface area contributed by atoms with Gasteiger partial charge in [-0.25, -0.2) is 4.98 Å². The van der Waals surface area contributed by atoms with Crippen molar-refractivity contribution < 1.29 is 0 Å². The van der Waals surface area contributed by atoms with E-state index in [-0.39, 0.29) is 5.28 Å². The molecular formula is C9H9Cl2N3S. The van der Waals surface area contributed by atoms with E-state index in [1.54, 1.807) is 11.8 Å². The van der Waals surface area contributed by atoms with Crippen LogP contribution in [0.3, 0.4) is 0 Å². The second kappa shape index (κ2) is 4.60. The molecule has 0 aromatic carbocycles. The van der Waals surface area contributed by atoms with Gasteiger partial charge in [-0.05, 0) is 11.6 Å². The number of halogens is 2. The van der Waals surface area contributed by atoms with Gasteiger partial charge in [-0.15, -0.1) is 11.8 Å². The Hall–Kier alpha value is -0.450. The molecule has 3 nitrogen and oxygen atoms in total. The van der Waals surface area contributed by atoms with E-state index in [0.29, 0.717) is 11.6 Å². The van der Waals surface area contributed by atoms with E-state index in [1.165, 1.54) is 0 Å². The molecular weight excluding hydrogens is 253 g/mol. The van der Waals surface area contributed by atoms with Crippen molar-refractivity contribution >= 4 is 40.8 Å². The third-order valence-electron chi connectivity index (χ3n) is 1.94. The van der Waals surface area contributed by atoms with Crippen molar-refractivity contribution in [3.63, 3.8) is 0 Å². The molecule has 1 aromatic heterocycles. The quantitative estimate of drug-likeness (QED) is 0.850. The summed E-state index contributed by atoms with van der Waals surface area (Å²) in [7, 11) is 0. The number of nitrogens with zero attached hydrogens (tertiary/aromatic N) is 2. The second-order valence-electron chi connectivity index (χ2n) is 3.09. The molecule has 15 heavy (non-hydrogen) atoms. The Bertz CT molecular complexity index is 409. The van der Waals surface area contributed by atoms with Gasteiger partial charge in [0.2, 0.25) is 5.28 Å². The third kappa shape index (κ3) is 2.56. The summed E-state index contributed by atoms with van der Waals surface area (Å²) in [6, 6.07) is 0. The standard InChI is InChI=1S/C9H9Cl2N3S/c1-5(10)4-12-8-7-6(2-3-15-7)13-9(11)14-8/h1-4H2,(H,12,13,14). The lowest BCUT2D eigenvalue weighted by Crippen LogP contribution is -2.06. The molecule has 0 saturated carbocycles. The summed E-state index contributed by atoms with van der Waals surface area (Å²) in [5.74, 6) is 1.79. The molecule has 0 bridgehead atoms. The monoisotopic (exact) mass is 261 g/mol. The first-order valence-corrected chi connectivity index (χ1v) is 6.17. The van der Waals surface area contributed by atoms with Crippen molar-refractivity contribution in [3.05, 3.63) is 22.6 Å². The highest BCUT2D eigenvalue weighted by atomic mass is 35.5. The highest BCUT2D eigenvalue weighted by Gasteiger charge is 2.19. The molecule has 6 heteroatoms. The van der Waals surface area contributed by atoms with Gasteiger partial charge < -0.3 is 5.32 Å². The summed E-state index contributed by atoms with van der Waals surface area (Å²) in [5, 5.41) is 3.92. The maximum atomic E-state index is 5.82. The molecule has 0 atom stereocenters. The minimum atomic E-state index is 0.277. The van der Waals surface area contributed by atoms with Gasteiger partial charge in [-0.2, -0.15) is 4.98 Å². The average Bonchev–Trinajstić information content (AvgIpc) is 2.61. The Morgan fingerprint density at radius 1 is 1.53 bits per heavy atom. The zero-order valence-electron chi connectivity index (χ0n) is 7.89. The molecule has 2 rings (SSSR count). The number of rotatable bonds is 3. The summed E-state index contributed by atoms with van der Waals surface area (Å²) in [5.41, 5.74) is 1.02. The van der Waals surface area contributed by atoms with E-state index in [9.17, 15) is 0 Å². The lowest BCUT2D eigenvalue weighted by molar-refractivity contribution is 0.972. The van der Waals surface area contributed by atoms with Crippen LogP contribution in [0.15, 0.2) is 16.5 Å². The molecule has 80 valence electrons. The van der Waals surface area contributed by atoms with E-state index in [4.69, 9.17) is 23.2 Å². The number of aryl methyl sites for hydroxylation is 1. The Labute approximate surface area is 102 Å². The maximum absolute atomic E-state index is 5.82. The molecule has 0 fully saturated rings. The van der Waals surface area contributed by atoms with Crippen molar-refractivity contribution in [2.75, 3.05) is 17.6 Å². The Morgan fingerprint density at radius 2 is 2.33 bits per heavy atom. The van der Waals surface area contributed by atoms with Crippen molar-refractivity contribution in [1.82, 2.24) is 9.97 Å².